The summed E-state index contributed by atoms with van der Waals surface area (Å²) in [4.78, 5) is 2.57. The average molecular weight is 184 g/mol. The molecular weight excluding hydrogens is 164 g/mol. The minimum atomic E-state index is 0.0194. The monoisotopic (exact) mass is 184 g/mol. The zero-order chi connectivity index (χ0) is 9.31. The zero-order valence-corrected chi connectivity index (χ0v) is 8.42. The predicted molar refractivity (Wildman–Crippen MR) is 52.7 cm³/mol. The molecule has 0 spiro atoms. The molecule has 0 saturated carbocycles. The Balaban J connectivity index is 2.02. The number of nitrogens with one attached hydrogen (secondary N) is 1. The maximum atomic E-state index is 9.38. The molecule has 0 bridgehead atoms. The van der Waals surface area contributed by atoms with Crippen LogP contribution in [0.1, 0.15) is 25.7 Å². The van der Waals surface area contributed by atoms with Crippen LogP contribution in [-0.4, -0.2) is 48.3 Å². The van der Waals surface area contributed by atoms with Crippen LogP contribution in [-0.2, 0) is 0 Å². The van der Waals surface area contributed by atoms with Crippen molar-refractivity contribution in [1.29, 1.82) is 0 Å². The second kappa shape index (κ2) is 3.56. The van der Waals surface area contributed by atoms with Crippen molar-refractivity contribution in [3.8, 4) is 0 Å². The molecule has 0 aromatic carbocycles. The number of fused-ring (bicyclic) bond motifs is 1. The topological polar surface area (TPSA) is 35.5 Å². The SMILES string of the molecule is CNC1(CO)CCN2CCCC2C1. The Morgan fingerprint density at radius 3 is 3.08 bits per heavy atom. The van der Waals surface area contributed by atoms with Gasteiger partial charge in [-0.05, 0) is 39.3 Å². The average Bonchev–Trinajstić information content (AvgIpc) is 2.64. The normalized spacial score (nSPS) is 40.6. The van der Waals surface area contributed by atoms with Gasteiger partial charge in [-0.3, -0.25) is 0 Å². The Labute approximate surface area is 80.1 Å². The summed E-state index contributed by atoms with van der Waals surface area (Å²) in [6.45, 7) is 2.72. The van der Waals surface area contributed by atoms with Gasteiger partial charge < -0.3 is 15.3 Å². The lowest BCUT2D eigenvalue weighted by molar-refractivity contribution is 0.0642. The van der Waals surface area contributed by atoms with Crippen molar-refractivity contribution in [2.75, 3.05) is 26.7 Å². The van der Waals surface area contributed by atoms with Crippen molar-refractivity contribution in [3.05, 3.63) is 0 Å². The maximum Gasteiger partial charge on any atom is 0.0614 e. The van der Waals surface area contributed by atoms with Crippen LogP contribution in [0, 0.1) is 0 Å². The molecule has 2 aliphatic heterocycles. The summed E-state index contributed by atoms with van der Waals surface area (Å²) in [5, 5.41) is 12.7. The quantitative estimate of drug-likeness (QED) is 0.643. The van der Waals surface area contributed by atoms with Crippen LogP contribution in [0.4, 0.5) is 0 Å². The molecule has 3 nitrogen and oxygen atoms in total. The first-order valence-electron chi connectivity index (χ1n) is 5.33. The predicted octanol–water partition coefficient (Wildman–Crippen LogP) is 0.195. The van der Waals surface area contributed by atoms with Gasteiger partial charge in [-0.25, -0.2) is 0 Å². The lowest BCUT2D eigenvalue weighted by Gasteiger charge is -2.43. The van der Waals surface area contributed by atoms with Crippen LogP contribution in [0.25, 0.3) is 0 Å². The highest BCUT2D eigenvalue weighted by atomic mass is 16.3. The summed E-state index contributed by atoms with van der Waals surface area (Å²) in [6.07, 6.45) is 4.88. The molecule has 2 saturated heterocycles. The molecule has 0 amide bonds. The van der Waals surface area contributed by atoms with Gasteiger partial charge in [0.1, 0.15) is 0 Å². The zero-order valence-electron chi connectivity index (χ0n) is 8.42. The van der Waals surface area contributed by atoms with Gasteiger partial charge in [-0.15, -0.1) is 0 Å². The second-order valence-electron chi connectivity index (χ2n) is 4.47. The summed E-state index contributed by atoms with van der Waals surface area (Å²) in [6, 6.07) is 0.730. The Bertz CT molecular complexity index is 180. The van der Waals surface area contributed by atoms with Crippen LogP contribution in [0.5, 0.6) is 0 Å². The fraction of sp³-hybridized carbons (Fsp3) is 1.00. The van der Waals surface area contributed by atoms with Gasteiger partial charge in [0.05, 0.1) is 6.61 Å². The largest absolute Gasteiger partial charge is 0.394 e. The van der Waals surface area contributed by atoms with Gasteiger partial charge >= 0.3 is 0 Å². The molecule has 2 unspecified atom stereocenters. The van der Waals surface area contributed by atoms with Crippen molar-refractivity contribution >= 4 is 0 Å². The van der Waals surface area contributed by atoms with E-state index in [9.17, 15) is 5.11 Å². The van der Waals surface area contributed by atoms with Crippen LogP contribution in [0.15, 0.2) is 0 Å². The number of hydrogen-bond donors (Lipinski definition) is 2. The molecule has 3 heteroatoms. The fourth-order valence-electron chi connectivity index (χ4n) is 2.78. The standard InChI is InChI=1S/C10H20N2O/c1-11-10(8-13)4-6-12-5-2-3-9(12)7-10/h9,11,13H,2-8H2,1H3. The smallest absolute Gasteiger partial charge is 0.0614 e. The second-order valence-corrected chi connectivity index (χ2v) is 4.47. The molecule has 0 radical (unpaired) electrons. The van der Waals surface area contributed by atoms with Crippen molar-refractivity contribution in [2.45, 2.75) is 37.3 Å². The van der Waals surface area contributed by atoms with Crippen LogP contribution in [0.3, 0.4) is 0 Å². The molecule has 2 rings (SSSR count). The molecule has 2 N–H and O–H groups in total. The molecule has 2 heterocycles. The molecule has 0 aromatic rings. The number of hydrogen-bond acceptors (Lipinski definition) is 3. The highest BCUT2D eigenvalue weighted by Gasteiger charge is 2.39. The van der Waals surface area contributed by atoms with Gasteiger partial charge in [0, 0.05) is 18.1 Å². The van der Waals surface area contributed by atoms with E-state index in [2.05, 4.69) is 10.2 Å². The van der Waals surface area contributed by atoms with Crippen LogP contribution < -0.4 is 5.32 Å². The van der Waals surface area contributed by atoms with Crippen LogP contribution in [0.2, 0.25) is 0 Å². The van der Waals surface area contributed by atoms with Gasteiger partial charge in [0.25, 0.3) is 0 Å². The van der Waals surface area contributed by atoms with Crippen molar-refractivity contribution < 1.29 is 5.11 Å². The van der Waals surface area contributed by atoms with E-state index in [1.165, 1.54) is 19.4 Å². The lowest BCUT2D eigenvalue weighted by Crippen LogP contribution is -2.56. The summed E-state index contributed by atoms with van der Waals surface area (Å²) in [7, 11) is 1.97. The molecule has 2 fully saturated rings. The third-order valence-electron chi connectivity index (χ3n) is 3.84. The van der Waals surface area contributed by atoms with E-state index in [0.29, 0.717) is 0 Å². The first-order chi connectivity index (χ1) is 6.29. The Kier molecular flexibility index (Phi) is 2.58. The number of rotatable bonds is 2. The van der Waals surface area contributed by atoms with Gasteiger partial charge in [-0.2, -0.15) is 0 Å². The van der Waals surface area contributed by atoms with Gasteiger partial charge in [-0.1, -0.05) is 0 Å². The van der Waals surface area contributed by atoms with E-state index in [0.717, 1.165) is 25.4 Å². The molecular formula is C10H20N2O. The van der Waals surface area contributed by atoms with E-state index in [1.54, 1.807) is 0 Å². The van der Waals surface area contributed by atoms with Gasteiger partial charge in [0.15, 0.2) is 0 Å². The van der Waals surface area contributed by atoms with E-state index >= 15 is 0 Å². The third-order valence-corrected chi connectivity index (χ3v) is 3.84. The summed E-state index contributed by atoms with van der Waals surface area (Å²) in [5.74, 6) is 0. The molecule has 2 aliphatic rings. The molecule has 76 valence electrons. The van der Waals surface area contributed by atoms with Crippen molar-refractivity contribution in [3.63, 3.8) is 0 Å². The number of aliphatic hydroxyl groups excluding tert-OH is 1. The lowest BCUT2D eigenvalue weighted by atomic mass is 9.84. The van der Waals surface area contributed by atoms with E-state index < -0.39 is 0 Å². The summed E-state index contributed by atoms with van der Waals surface area (Å²) in [5.41, 5.74) is 0.0194. The molecule has 2 atom stereocenters. The Hall–Kier alpha value is -0.120. The first kappa shape index (κ1) is 9.44. The van der Waals surface area contributed by atoms with E-state index in [4.69, 9.17) is 0 Å². The number of nitrogens with zero attached hydrogens (tertiary/aromatic N) is 1. The Morgan fingerprint density at radius 1 is 1.54 bits per heavy atom. The number of likely N-dealkylation sites (N-methyl/N-ethyl adjacent to an activating group) is 1. The highest BCUT2D eigenvalue weighted by Crippen LogP contribution is 2.32. The fourth-order valence-corrected chi connectivity index (χ4v) is 2.78. The van der Waals surface area contributed by atoms with E-state index in [-0.39, 0.29) is 12.1 Å². The van der Waals surface area contributed by atoms with Crippen LogP contribution >= 0.6 is 0 Å². The minimum Gasteiger partial charge on any atom is -0.394 e. The van der Waals surface area contributed by atoms with Crippen molar-refractivity contribution in [2.24, 2.45) is 0 Å². The summed E-state index contributed by atoms with van der Waals surface area (Å²) >= 11 is 0. The maximum absolute atomic E-state index is 9.38. The third kappa shape index (κ3) is 1.60. The molecule has 0 aliphatic carbocycles. The molecule has 13 heavy (non-hydrogen) atoms. The number of aliphatic hydroxyl groups is 1. The minimum absolute atomic E-state index is 0.0194. The van der Waals surface area contributed by atoms with E-state index in [1.807, 2.05) is 7.05 Å². The summed E-state index contributed by atoms with van der Waals surface area (Å²) < 4.78 is 0. The first-order valence-corrected chi connectivity index (χ1v) is 5.33. The highest BCUT2D eigenvalue weighted by molar-refractivity contribution is 4.98. The van der Waals surface area contributed by atoms with Gasteiger partial charge in [0.2, 0.25) is 0 Å². The Morgan fingerprint density at radius 2 is 2.38 bits per heavy atom. The van der Waals surface area contributed by atoms with Crippen molar-refractivity contribution in [1.82, 2.24) is 10.2 Å². The molecule has 0 aromatic heterocycles. The number of piperidine rings is 1.